The van der Waals surface area contributed by atoms with Crippen LogP contribution in [0.2, 0.25) is 0 Å². The van der Waals surface area contributed by atoms with Gasteiger partial charge in [0.1, 0.15) is 5.75 Å². The molecule has 0 aliphatic heterocycles. The van der Waals surface area contributed by atoms with Crippen LogP contribution in [0.1, 0.15) is 0 Å². The number of nitrogen functional groups attached to an aromatic ring is 1. The molecular weight excluding hydrogens is 214 g/mol. The van der Waals surface area contributed by atoms with Crippen LogP contribution in [0.15, 0.2) is 23.1 Å². The van der Waals surface area contributed by atoms with Crippen LogP contribution >= 0.6 is 11.8 Å². The lowest BCUT2D eigenvalue weighted by atomic mass is 10.3. The predicted octanol–water partition coefficient (Wildman–Crippen LogP) is 0.723. The Bertz CT molecular complexity index is 320. The summed E-state index contributed by atoms with van der Waals surface area (Å²) in [6, 6.07) is 5.42. The lowest BCUT2D eigenvalue weighted by Gasteiger charge is -2.09. The van der Waals surface area contributed by atoms with Gasteiger partial charge >= 0.3 is 0 Å². The number of benzene rings is 1. The van der Waals surface area contributed by atoms with Crippen molar-refractivity contribution in [3.8, 4) is 5.75 Å². The lowest BCUT2D eigenvalue weighted by Crippen LogP contribution is -2.14. The summed E-state index contributed by atoms with van der Waals surface area (Å²) in [6.07, 6.45) is -0.696. The van der Waals surface area contributed by atoms with Gasteiger partial charge in [-0.2, -0.15) is 0 Å². The van der Waals surface area contributed by atoms with E-state index in [0.717, 1.165) is 4.90 Å². The zero-order valence-electron chi connectivity index (χ0n) is 8.51. The highest BCUT2D eigenvalue weighted by Gasteiger charge is 2.05. The van der Waals surface area contributed by atoms with E-state index in [4.69, 9.17) is 15.6 Å². The number of aliphatic hydroxyl groups is 2. The van der Waals surface area contributed by atoms with Gasteiger partial charge in [-0.05, 0) is 18.2 Å². The SMILES string of the molecule is COc1cc(SCC(O)CO)ccc1N. The van der Waals surface area contributed by atoms with Crippen molar-refractivity contribution in [3.63, 3.8) is 0 Å². The van der Waals surface area contributed by atoms with Crippen molar-refractivity contribution >= 4 is 17.4 Å². The van der Waals surface area contributed by atoms with E-state index in [9.17, 15) is 5.11 Å². The van der Waals surface area contributed by atoms with E-state index in [-0.39, 0.29) is 6.61 Å². The second-order valence-corrected chi connectivity index (χ2v) is 4.14. The highest BCUT2D eigenvalue weighted by atomic mass is 32.2. The maximum Gasteiger partial charge on any atom is 0.142 e. The summed E-state index contributed by atoms with van der Waals surface area (Å²) >= 11 is 1.45. The van der Waals surface area contributed by atoms with Crippen LogP contribution in [0.5, 0.6) is 5.75 Å². The van der Waals surface area contributed by atoms with Crippen molar-refractivity contribution in [1.29, 1.82) is 0 Å². The normalized spacial score (nSPS) is 12.5. The lowest BCUT2D eigenvalue weighted by molar-refractivity contribution is 0.113. The Morgan fingerprint density at radius 2 is 2.27 bits per heavy atom. The first-order valence-electron chi connectivity index (χ1n) is 4.52. The smallest absolute Gasteiger partial charge is 0.142 e. The van der Waals surface area contributed by atoms with Gasteiger partial charge in [-0.1, -0.05) is 0 Å². The molecule has 0 saturated carbocycles. The summed E-state index contributed by atoms with van der Waals surface area (Å²) in [5.41, 5.74) is 6.25. The maximum absolute atomic E-state index is 9.17. The number of hydrogen-bond acceptors (Lipinski definition) is 5. The summed E-state index contributed by atoms with van der Waals surface area (Å²) in [6.45, 7) is -0.223. The van der Waals surface area contributed by atoms with Gasteiger partial charge in [-0.25, -0.2) is 0 Å². The highest BCUT2D eigenvalue weighted by molar-refractivity contribution is 7.99. The quantitative estimate of drug-likeness (QED) is 0.512. The fourth-order valence-corrected chi connectivity index (χ4v) is 1.87. The minimum Gasteiger partial charge on any atom is -0.495 e. The zero-order valence-corrected chi connectivity index (χ0v) is 9.33. The molecule has 0 radical (unpaired) electrons. The number of rotatable bonds is 5. The average molecular weight is 229 g/mol. The standard InChI is InChI=1S/C10H15NO3S/c1-14-10-4-8(2-3-9(10)11)15-6-7(13)5-12/h2-4,7,12-13H,5-6,11H2,1H3. The van der Waals surface area contributed by atoms with Crippen molar-refractivity contribution in [3.05, 3.63) is 18.2 Å². The fraction of sp³-hybridized carbons (Fsp3) is 0.400. The van der Waals surface area contributed by atoms with Crippen molar-refractivity contribution in [2.45, 2.75) is 11.0 Å². The molecule has 0 spiro atoms. The fourth-order valence-electron chi connectivity index (χ4n) is 1.03. The van der Waals surface area contributed by atoms with Crippen LogP contribution in [-0.4, -0.2) is 35.8 Å². The van der Waals surface area contributed by atoms with Gasteiger partial charge in [0, 0.05) is 10.6 Å². The average Bonchev–Trinajstić information content (AvgIpc) is 2.27. The topological polar surface area (TPSA) is 75.7 Å². The number of nitrogens with two attached hydrogens (primary N) is 1. The molecule has 1 rings (SSSR count). The monoisotopic (exact) mass is 229 g/mol. The molecule has 0 aliphatic rings. The van der Waals surface area contributed by atoms with Gasteiger partial charge in [-0.15, -0.1) is 11.8 Å². The van der Waals surface area contributed by atoms with E-state index in [0.29, 0.717) is 17.2 Å². The van der Waals surface area contributed by atoms with E-state index in [2.05, 4.69) is 0 Å². The molecular formula is C10H15NO3S. The maximum atomic E-state index is 9.17. The van der Waals surface area contributed by atoms with Gasteiger partial charge in [0.2, 0.25) is 0 Å². The number of anilines is 1. The first kappa shape index (κ1) is 12.2. The summed E-state index contributed by atoms with van der Waals surface area (Å²) < 4.78 is 5.07. The minimum atomic E-state index is -0.696. The van der Waals surface area contributed by atoms with E-state index >= 15 is 0 Å². The van der Waals surface area contributed by atoms with Gasteiger partial charge in [-0.3, -0.25) is 0 Å². The number of ether oxygens (including phenoxy) is 1. The van der Waals surface area contributed by atoms with Gasteiger partial charge in [0.15, 0.2) is 0 Å². The van der Waals surface area contributed by atoms with E-state index in [1.807, 2.05) is 12.1 Å². The molecule has 84 valence electrons. The van der Waals surface area contributed by atoms with Crippen LogP contribution in [-0.2, 0) is 0 Å². The number of thioether (sulfide) groups is 1. The Kier molecular flexibility index (Phi) is 4.74. The third kappa shape index (κ3) is 3.62. The van der Waals surface area contributed by atoms with Crippen molar-refractivity contribution in [1.82, 2.24) is 0 Å². The highest BCUT2D eigenvalue weighted by Crippen LogP contribution is 2.28. The predicted molar refractivity (Wildman–Crippen MR) is 61.2 cm³/mol. The first-order chi connectivity index (χ1) is 7.17. The van der Waals surface area contributed by atoms with Crippen molar-refractivity contribution in [2.24, 2.45) is 0 Å². The van der Waals surface area contributed by atoms with Crippen LogP contribution in [0, 0.1) is 0 Å². The molecule has 0 amide bonds. The number of hydrogen-bond donors (Lipinski definition) is 3. The largest absolute Gasteiger partial charge is 0.495 e. The molecule has 1 aromatic carbocycles. The Labute approximate surface area is 93.1 Å². The third-order valence-electron chi connectivity index (χ3n) is 1.86. The Morgan fingerprint density at radius 3 is 2.87 bits per heavy atom. The first-order valence-corrected chi connectivity index (χ1v) is 5.51. The molecule has 0 saturated heterocycles. The summed E-state index contributed by atoms with van der Waals surface area (Å²) in [4.78, 5) is 0.952. The number of methoxy groups -OCH3 is 1. The van der Waals surface area contributed by atoms with Crippen LogP contribution in [0.4, 0.5) is 5.69 Å². The molecule has 4 N–H and O–H groups in total. The molecule has 0 heterocycles. The molecule has 5 heteroatoms. The number of aliphatic hydroxyl groups excluding tert-OH is 2. The summed E-state index contributed by atoms with van der Waals surface area (Å²) in [5, 5.41) is 17.8. The summed E-state index contributed by atoms with van der Waals surface area (Å²) in [5.74, 6) is 1.07. The molecule has 0 aromatic heterocycles. The van der Waals surface area contributed by atoms with E-state index < -0.39 is 6.10 Å². The van der Waals surface area contributed by atoms with Gasteiger partial charge in [0.25, 0.3) is 0 Å². The second kappa shape index (κ2) is 5.85. The molecule has 1 atom stereocenters. The van der Waals surface area contributed by atoms with Crippen molar-refractivity contribution in [2.75, 3.05) is 25.2 Å². The molecule has 15 heavy (non-hydrogen) atoms. The van der Waals surface area contributed by atoms with Crippen LogP contribution in [0.3, 0.4) is 0 Å². The zero-order chi connectivity index (χ0) is 11.3. The molecule has 0 aliphatic carbocycles. The van der Waals surface area contributed by atoms with Crippen molar-refractivity contribution < 1.29 is 14.9 Å². The Morgan fingerprint density at radius 1 is 1.53 bits per heavy atom. The second-order valence-electron chi connectivity index (χ2n) is 3.05. The summed E-state index contributed by atoms with van der Waals surface area (Å²) in [7, 11) is 1.56. The van der Waals surface area contributed by atoms with Crippen LogP contribution in [0.25, 0.3) is 0 Å². The minimum absolute atomic E-state index is 0.223. The molecule has 4 nitrogen and oxygen atoms in total. The Balaban J connectivity index is 2.62. The van der Waals surface area contributed by atoms with E-state index in [1.54, 1.807) is 13.2 Å². The molecule has 0 bridgehead atoms. The van der Waals surface area contributed by atoms with Gasteiger partial charge in [0.05, 0.1) is 25.5 Å². The molecule has 1 unspecified atom stereocenters. The third-order valence-corrected chi connectivity index (χ3v) is 3.00. The van der Waals surface area contributed by atoms with Gasteiger partial charge < -0.3 is 20.7 Å². The molecule has 1 aromatic rings. The van der Waals surface area contributed by atoms with E-state index in [1.165, 1.54) is 11.8 Å². The Hall–Kier alpha value is -0.910. The molecule has 0 fully saturated rings. The van der Waals surface area contributed by atoms with Crippen LogP contribution < -0.4 is 10.5 Å².